The van der Waals surface area contributed by atoms with Crippen molar-refractivity contribution in [2.24, 2.45) is 0 Å². The highest BCUT2D eigenvalue weighted by Gasteiger charge is 2.21. The maximum atomic E-state index is 10.9. The van der Waals surface area contributed by atoms with Crippen molar-refractivity contribution in [2.75, 3.05) is 18.7 Å². The van der Waals surface area contributed by atoms with Crippen molar-refractivity contribution in [1.82, 2.24) is 10.8 Å². The Morgan fingerprint density at radius 1 is 1.90 bits per heavy atom. The minimum Gasteiger partial charge on any atom is -0.296 e. The summed E-state index contributed by atoms with van der Waals surface area (Å²) in [6, 6.07) is -0.0788. The van der Waals surface area contributed by atoms with Gasteiger partial charge in [0.1, 0.15) is 0 Å². The summed E-state index contributed by atoms with van der Waals surface area (Å²) in [5, 5.41) is 3.01. The average Bonchev–Trinajstić information content (AvgIpc) is 2.38. The largest absolute Gasteiger partial charge is 0.296 e. The molecular formula is C5H10N2O2S. The van der Waals surface area contributed by atoms with Gasteiger partial charge in [-0.1, -0.05) is 0 Å². The van der Waals surface area contributed by atoms with Gasteiger partial charge in [0.25, 0.3) is 5.91 Å². The van der Waals surface area contributed by atoms with Gasteiger partial charge in [0.05, 0.1) is 13.2 Å². The van der Waals surface area contributed by atoms with Crippen molar-refractivity contribution in [3.63, 3.8) is 0 Å². The lowest BCUT2D eigenvalue weighted by Gasteiger charge is -2.06. The highest BCUT2D eigenvalue weighted by Crippen LogP contribution is 2.08. The van der Waals surface area contributed by atoms with E-state index in [1.807, 2.05) is 0 Å². The predicted molar refractivity (Wildman–Crippen MR) is 39.4 cm³/mol. The molecule has 0 saturated carbocycles. The topological polar surface area (TPSA) is 50.4 Å². The average molecular weight is 162 g/mol. The van der Waals surface area contributed by atoms with Crippen LogP contribution in [0.3, 0.4) is 0 Å². The molecule has 0 aromatic heterocycles. The quantitative estimate of drug-likeness (QED) is 0.529. The summed E-state index contributed by atoms with van der Waals surface area (Å²) in [5.74, 6) is 1.59. The van der Waals surface area contributed by atoms with Crippen molar-refractivity contribution in [2.45, 2.75) is 6.04 Å². The van der Waals surface area contributed by atoms with Gasteiger partial charge in [-0.15, -0.1) is 11.8 Å². The third kappa shape index (κ3) is 1.86. The molecule has 0 spiro atoms. The zero-order chi connectivity index (χ0) is 7.40. The summed E-state index contributed by atoms with van der Waals surface area (Å²) in [6.07, 6.45) is 0. The fraction of sp³-hybridized carbons (Fsp3) is 0.800. The van der Waals surface area contributed by atoms with Gasteiger partial charge in [0.2, 0.25) is 0 Å². The first-order chi connectivity index (χ1) is 4.84. The van der Waals surface area contributed by atoms with Gasteiger partial charge in [-0.3, -0.25) is 14.9 Å². The van der Waals surface area contributed by atoms with E-state index in [0.29, 0.717) is 0 Å². The molecule has 0 aromatic rings. The summed E-state index contributed by atoms with van der Waals surface area (Å²) < 4.78 is 0. The first-order valence-electron chi connectivity index (χ1n) is 2.98. The van der Waals surface area contributed by atoms with Gasteiger partial charge >= 0.3 is 0 Å². The van der Waals surface area contributed by atoms with E-state index in [1.54, 1.807) is 11.8 Å². The van der Waals surface area contributed by atoms with Gasteiger partial charge in [0.15, 0.2) is 0 Å². The molecule has 0 aromatic carbocycles. The van der Waals surface area contributed by atoms with Crippen LogP contribution < -0.4 is 10.8 Å². The van der Waals surface area contributed by atoms with Gasteiger partial charge in [-0.05, 0) is 0 Å². The number of carbonyl (C=O) groups is 1. The summed E-state index contributed by atoms with van der Waals surface area (Å²) in [4.78, 5) is 15.4. The Labute approximate surface area is 63.6 Å². The van der Waals surface area contributed by atoms with Crippen LogP contribution in [0.1, 0.15) is 0 Å². The molecule has 1 fully saturated rings. The molecule has 5 heteroatoms. The number of thioether (sulfide) groups is 1. The number of hydroxylamine groups is 1. The van der Waals surface area contributed by atoms with Crippen LogP contribution in [0.4, 0.5) is 0 Å². The van der Waals surface area contributed by atoms with Crippen LogP contribution in [0.5, 0.6) is 0 Å². The highest BCUT2D eigenvalue weighted by molar-refractivity contribution is 7.99. The molecule has 0 bridgehead atoms. The molecule has 1 saturated heterocycles. The molecule has 1 amide bonds. The first-order valence-corrected chi connectivity index (χ1v) is 4.14. The molecule has 4 nitrogen and oxygen atoms in total. The van der Waals surface area contributed by atoms with Crippen molar-refractivity contribution in [3.05, 3.63) is 0 Å². The lowest BCUT2D eigenvalue weighted by Crippen LogP contribution is -2.41. The molecular weight excluding hydrogens is 152 g/mol. The van der Waals surface area contributed by atoms with E-state index in [1.165, 1.54) is 7.11 Å². The third-order valence-electron chi connectivity index (χ3n) is 1.24. The molecule has 1 aliphatic rings. The van der Waals surface area contributed by atoms with E-state index >= 15 is 0 Å². The molecule has 0 radical (unpaired) electrons. The Morgan fingerprint density at radius 2 is 2.70 bits per heavy atom. The minimum absolute atomic E-state index is 0.0788. The summed E-state index contributed by atoms with van der Waals surface area (Å²) >= 11 is 1.71. The molecule has 0 aliphatic carbocycles. The summed E-state index contributed by atoms with van der Waals surface area (Å²) in [5.41, 5.74) is 2.27. The second kappa shape index (κ2) is 3.80. The summed E-state index contributed by atoms with van der Waals surface area (Å²) in [7, 11) is 1.43. The fourth-order valence-electron chi connectivity index (χ4n) is 0.735. The Bertz CT molecular complexity index is 125. The van der Waals surface area contributed by atoms with E-state index in [0.717, 1.165) is 11.6 Å². The molecule has 1 rings (SSSR count). The first kappa shape index (κ1) is 7.84. The van der Waals surface area contributed by atoms with E-state index in [9.17, 15) is 4.79 Å². The number of hydrogen-bond acceptors (Lipinski definition) is 4. The number of amides is 1. The maximum Gasteiger partial charge on any atom is 0.261 e. The molecule has 2 N–H and O–H groups in total. The molecule has 10 heavy (non-hydrogen) atoms. The Balaban J connectivity index is 2.25. The van der Waals surface area contributed by atoms with Crippen LogP contribution in [0, 0.1) is 0 Å². The molecule has 1 atom stereocenters. The van der Waals surface area contributed by atoms with Crippen LogP contribution >= 0.6 is 11.8 Å². The van der Waals surface area contributed by atoms with E-state index in [-0.39, 0.29) is 11.9 Å². The van der Waals surface area contributed by atoms with Crippen LogP contribution in [0.2, 0.25) is 0 Å². The number of carbonyl (C=O) groups excluding carboxylic acids is 1. The van der Waals surface area contributed by atoms with E-state index in [4.69, 9.17) is 0 Å². The van der Waals surface area contributed by atoms with E-state index in [2.05, 4.69) is 15.6 Å². The predicted octanol–water partition coefficient (Wildman–Crippen LogP) is -0.674. The Morgan fingerprint density at radius 3 is 3.20 bits per heavy atom. The monoisotopic (exact) mass is 162 g/mol. The Kier molecular flexibility index (Phi) is 2.98. The van der Waals surface area contributed by atoms with Crippen molar-refractivity contribution in [3.8, 4) is 0 Å². The zero-order valence-corrected chi connectivity index (χ0v) is 6.53. The smallest absolute Gasteiger partial charge is 0.261 e. The lowest BCUT2D eigenvalue weighted by molar-refractivity contribution is -0.132. The Hall–Kier alpha value is -0.260. The molecule has 0 unspecified atom stereocenters. The van der Waals surface area contributed by atoms with Crippen LogP contribution in [-0.2, 0) is 9.63 Å². The van der Waals surface area contributed by atoms with Gasteiger partial charge in [-0.2, -0.15) is 0 Å². The number of rotatable bonds is 2. The van der Waals surface area contributed by atoms with Crippen molar-refractivity contribution in [1.29, 1.82) is 0 Å². The SMILES string of the molecule is CONC(=O)[C@H]1CSCN1. The lowest BCUT2D eigenvalue weighted by atomic mass is 10.3. The van der Waals surface area contributed by atoms with Crippen LogP contribution in [0.15, 0.2) is 0 Å². The van der Waals surface area contributed by atoms with Gasteiger partial charge in [0, 0.05) is 11.6 Å². The van der Waals surface area contributed by atoms with Gasteiger partial charge in [-0.25, -0.2) is 5.48 Å². The highest BCUT2D eigenvalue weighted by atomic mass is 32.2. The number of hydrogen-bond donors (Lipinski definition) is 2. The van der Waals surface area contributed by atoms with E-state index < -0.39 is 0 Å². The standard InChI is InChI=1S/C5H10N2O2S/c1-9-7-5(8)4-2-10-3-6-4/h4,6H,2-3H2,1H3,(H,7,8)/t4-/m1/s1. The van der Waals surface area contributed by atoms with Crippen LogP contribution in [0.25, 0.3) is 0 Å². The second-order valence-electron chi connectivity index (χ2n) is 1.94. The zero-order valence-electron chi connectivity index (χ0n) is 5.72. The number of nitrogens with one attached hydrogen (secondary N) is 2. The normalized spacial score (nSPS) is 24.7. The van der Waals surface area contributed by atoms with Crippen molar-refractivity contribution >= 4 is 17.7 Å². The maximum absolute atomic E-state index is 10.9. The molecule has 1 aliphatic heterocycles. The molecule has 58 valence electrons. The fourth-order valence-corrected chi connectivity index (χ4v) is 1.68. The second-order valence-corrected chi connectivity index (χ2v) is 2.97. The minimum atomic E-state index is -0.0903. The van der Waals surface area contributed by atoms with Crippen molar-refractivity contribution < 1.29 is 9.63 Å². The third-order valence-corrected chi connectivity index (χ3v) is 2.18. The molecule has 1 heterocycles. The van der Waals surface area contributed by atoms with Crippen LogP contribution in [-0.4, -0.2) is 30.7 Å². The van der Waals surface area contributed by atoms with Gasteiger partial charge < -0.3 is 0 Å². The summed E-state index contributed by atoms with van der Waals surface area (Å²) in [6.45, 7) is 0.